The minimum absolute atomic E-state index is 0.0221. The van der Waals surface area contributed by atoms with Gasteiger partial charge in [-0.05, 0) is 30.5 Å². The Labute approximate surface area is 180 Å². The number of benzene rings is 1. The fourth-order valence-corrected chi connectivity index (χ4v) is 3.72. The van der Waals surface area contributed by atoms with Crippen LogP contribution in [0.25, 0.3) is 11.7 Å². The van der Waals surface area contributed by atoms with Gasteiger partial charge < -0.3 is 5.32 Å². The van der Waals surface area contributed by atoms with E-state index in [1.54, 1.807) is 22.7 Å². The van der Waals surface area contributed by atoms with Crippen LogP contribution in [0.15, 0.2) is 42.1 Å². The average molecular weight is 441 g/mol. The van der Waals surface area contributed by atoms with Crippen LogP contribution in [0, 0.1) is 0 Å². The van der Waals surface area contributed by atoms with Gasteiger partial charge in [-0.3, -0.25) is 14.9 Å². The summed E-state index contributed by atoms with van der Waals surface area (Å²) >= 11 is 0. The van der Waals surface area contributed by atoms with Gasteiger partial charge in [0, 0.05) is 29.7 Å². The van der Waals surface area contributed by atoms with Gasteiger partial charge in [-0.1, -0.05) is 18.2 Å². The molecule has 1 aliphatic heterocycles. The summed E-state index contributed by atoms with van der Waals surface area (Å²) in [6.45, 7) is 0. The van der Waals surface area contributed by atoms with Crippen LogP contribution in [0.1, 0.15) is 41.6 Å². The lowest BCUT2D eigenvalue weighted by Crippen LogP contribution is -2.19. The maximum Gasteiger partial charge on any atom is 0.416 e. The molecule has 164 valence electrons. The van der Waals surface area contributed by atoms with Crippen molar-refractivity contribution in [2.75, 3.05) is 5.32 Å². The second-order valence-electron chi connectivity index (χ2n) is 7.94. The molecular weight excluding hydrogens is 423 g/mol. The van der Waals surface area contributed by atoms with Crippen LogP contribution < -0.4 is 10.6 Å². The van der Waals surface area contributed by atoms with Crippen molar-refractivity contribution in [3.8, 4) is 0 Å². The topological polar surface area (TPSA) is 88.4 Å². The Morgan fingerprint density at radius 3 is 2.69 bits per heavy atom. The third kappa shape index (κ3) is 3.95. The highest BCUT2D eigenvalue weighted by Gasteiger charge is 2.33. The van der Waals surface area contributed by atoms with E-state index in [2.05, 4.69) is 20.7 Å². The van der Waals surface area contributed by atoms with E-state index in [0.717, 1.165) is 18.9 Å². The number of amides is 2. The molecule has 0 bridgehead atoms. The van der Waals surface area contributed by atoms with E-state index < -0.39 is 17.6 Å². The number of alkyl halides is 3. The summed E-state index contributed by atoms with van der Waals surface area (Å²) in [7, 11) is 0. The predicted molar refractivity (Wildman–Crippen MR) is 110 cm³/mol. The second kappa shape index (κ2) is 7.47. The zero-order valence-corrected chi connectivity index (χ0v) is 16.7. The number of rotatable bonds is 5. The molecule has 7 nitrogen and oxygen atoms in total. The Morgan fingerprint density at radius 1 is 1.22 bits per heavy atom. The molecule has 2 aliphatic rings. The zero-order chi connectivity index (χ0) is 22.5. The Bertz CT molecular complexity index is 1270. The van der Waals surface area contributed by atoms with E-state index in [1.165, 1.54) is 18.3 Å². The lowest BCUT2D eigenvalue weighted by atomic mass is 10.0. The molecule has 5 rings (SSSR count). The molecule has 1 saturated heterocycles. The van der Waals surface area contributed by atoms with Gasteiger partial charge in [0.05, 0.1) is 23.9 Å². The minimum Gasteiger partial charge on any atom is -0.367 e. The number of imide groups is 1. The van der Waals surface area contributed by atoms with Gasteiger partial charge in [0.2, 0.25) is 5.91 Å². The molecular formula is C22H18F3N5O2. The number of nitrogens with one attached hydrogen (secondary N) is 2. The number of fused-ring (bicyclic) bond motifs is 1. The maximum atomic E-state index is 13.5. The van der Waals surface area contributed by atoms with E-state index in [4.69, 9.17) is 0 Å². The van der Waals surface area contributed by atoms with Gasteiger partial charge in [0.25, 0.3) is 5.91 Å². The molecule has 1 aliphatic carbocycles. The van der Waals surface area contributed by atoms with E-state index in [-0.39, 0.29) is 35.9 Å². The summed E-state index contributed by atoms with van der Waals surface area (Å²) in [5.41, 5.74) is 1.05. The van der Waals surface area contributed by atoms with E-state index in [9.17, 15) is 22.8 Å². The fourth-order valence-electron chi connectivity index (χ4n) is 3.72. The van der Waals surface area contributed by atoms with Gasteiger partial charge in [-0.2, -0.15) is 22.8 Å². The summed E-state index contributed by atoms with van der Waals surface area (Å²) in [6.07, 6.45) is 0.534. The first-order chi connectivity index (χ1) is 15.3. The number of carbonyl (C=O) groups excluding carboxylic acids is 2. The van der Waals surface area contributed by atoms with Crippen molar-refractivity contribution in [2.24, 2.45) is 0 Å². The smallest absolute Gasteiger partial charge is 0.367 e. The van der Waals surface area contributed by atoms with Crippen molar-refractivity contribution in [3.05, 3.63) is 64.5 Å². The van der Waals surface area contributed by atoms with E-state index in [0.29, 0.717) is 22.7 Å². The van der Waals surface area contributed by atoms with Gasteiger partial charge >= 0.3 is 6.18 Å². The van der Waals surface area contributed by atoms with Crippen LogP contribution >= 0.6 is 0 Å². The number of carbonyl (C=O) groups is 2. The first-order valence-corrected chi connectivity index (χ1v) is 10.1. The van der Waals surface area contributed by atoms with Gasteiger partial charge in [0.15, 0.2) is 5.65 Å². The van der Waals surface area contributed by atoms with Crippen molar-refractivity contribution in [3.63, 3.8) is 0 Å². The van der Waals surface area contributed by atoms with Crippen molar-refractivity contribution in [1.82, 2.24) is 19.9 Å². The predicted octanol–water partition coefficient (Wildman–Crippen LogP) is 3.34. The molecule has 2 amide bonds. The van der Waals surface area contributed by atoms with Crippen LogP contribution in [-0.4, -0.2) is 32.5 Å². The van der Waals surface area contributed by atoms with Crippen molar-refractivity contribution < 1.29 is 22.8 Å². The van der Waals surface area contributed by atoms with E-state index >= 15 is 0 Å². The highest BCUT2D eigenvalue weighted by atomic mass is 19.4. The number of anilines is 1. The molecule has 3 aromatic rings. The molecule has 32 heavy (non-hydrogen) atoms. The van der Waals surface area contributed by atoms with Gasteiger partial charge in [-0.15, -0.1) is 0 Å². The average Bonchev–Trinajstić information content (AvgIpc) is 3.36. The van der Waals surface area contributed by atoms with Crippen LogP contribution in [0.2, 0.25) is 0 Å². The summed E-state index contributed by atoms with van der Waals surface area (Å²) in [6, 6.07) is 7.40. The Kier molecular flexibility index (Phi) is 4.72. The molecule has 10 heteroatoms. The lowest BCUT2D eigenvalue weighted by molar-refractivity contribution is -0.138. The summed E-state index contributed by atoms with van der Waals surface area (Å²) < 4.78 is 41.9. The summed E-state index contributed by atoms with van der Waals surface area (Å²) in [4.78, 5) is 28.0. The largest absolute Gasteiger partial charge is 0.416 e. The molecule has 0 atom stereocenters. The number of nitrogens with zero attached hydrogens (tertiary/aromatic N) is 3. The highest BCUT2D eigenvalue weighted by Crippen LogP contribution is 2.33. The Hall–Kier alpha value is -3.69. The second-order valence-corrected chi connectivity index (χ2v) is 7.94. The summed E-state index contributed by atoms with van der Waals surface area (Å²) in [5.74, 6) is -0.235. The number of aromatic nitrogens is 3. The molecule has 2 fully saturated rings. The van der Waals surface area contributed by atoms with Crippen LogP contribution in [0.3, 0.4) is 0 Å². The molecule has 1 saturated carbocycles. The Morgan fingerprint density at radius 2 is 2.00 bits per heavy atom. The molecule has 1 aromatic carbocycles. The first-order valence-electron chi connectivity index (χ1n) is 10.1. The number of hydrogen-bond acceptors (Lipinski definition) is 5. The lowest BCUT2D eigenvalue weighted by Gasteiger charge is -2.14. The molecule has 2 aromatic heterocycles. The standard InChI is InChI=1S/C22H18F3N5O2/c23-22(24,25)17-4-2-1-3-12(17)8-16-10-18(27-15-5-6-15)30-20(28-16)14(11-26-30)7-13-9-19(31)29-21(13)32/h1-4,7,10-11,15,27H,5-6,8-9H2,(H,29,31,32)/b13-7+. The van der Waals surface area contributed by atoms with Crippen LogP contribution in [0.5, 0.6) is 0 Å². The first kappa shape index (κ1) is 20.2. The molecule has 3 heterocycles. The molecule has 0 spiro atoms. The van der Waals surface area contributed by atoms with Crippen LogP contribution in [-0.2, 0) is 22.2 Å². The third-order valence-electron chi connectivity index (χ3n) is 5.40. The van der Waals surface area contributed by atoms with E-state index in [1.807, 2.05) is 0 Å². The quantitative estimate of drug-likeness (QED) is 0.468. The monoisotopic (exact) mass is 441 g/mol. The molecule has 2 N–H and O–H groups in total. The minimum atomic E-state index is -4.47. The number of halogens is 3. The SMILES string of the molecule is O=C1C/C(=C\c2cnn3c(NC4CC4)cc(Cc4ccccc4C(F)(F)F)nc23)C(=O)N1. The van der Waals surface area contributed by atoms with Crippen LogP contribution in [0.4, 0.5) is 19.0 Å². The summed E-state index contributed by atoms with van der Waals surface area (Å²) in [5, 5.41) is 9.90. The molecule has 0 unspecified atom stereocenters. The van der Waals surface area contributed by atoms with Gasteiger partial charge in [0.1, 0.15) is 5.82 Å². The fraction of sp³-hybridized carbons (Fsp3) is 0.273. The van der Waals surface area contributed by atoms with Crippen molar-refractivity contribution in [2.45, 2.75) is 37.9 Å². The molecule has 0 radical (unpaired) electrons. The Balaban J connectivity index is 1.59. The number of hydrogen-bond donors (Lipinski definition) is 2. The maximum absolute atomic E-state index is 13.5. The zero-order valence-electron chi connectivity index (χ0n) is 16.7. The van der Waals surface area contributed by atoms with Gasteiger partial charge in [-0.25, -0.2) is 4.98 Å². The van der Waals surface area contributed by atoms with Crippen molar-refractivity contribution >= 4 is 29.4 Å². The normalized spacial score (nSPS) is 17.9. The van der Waals surface area contributed by atoms with Crippen molar-refractivity contribution in [1.29, 1.82) is 0 Å². The third-order valence-corrected chi connectivity index (χ3v) is 5.40. The highest BCUT2D eigenvalue weighted by molar-refractivity contribution is 6.15.